The maximum absolute atomic E-state index is 13.1. The first kappa shape index (κ1) is 40.3. The highest BCUT2D eigenvalue weighted by Crippen LogP contribution is 2.40. The van der Waals surface area contributed by atoms with Crippen LogP contribution >= 0.6 is 0 Å². The molecule has 7 rings (SSSR count). The summed E-state index contributed by atoms with van der Waals surface area (Å²) < 4.78 is 42.4. The van der Waals surface area contributed by atoms with E-state index in [0.29, 0.717) is 101 Å². The number of hydrogen-bond acceptors (Lipinski definition) is 13. The van der Waals surface area contributed by atoms with Crippen molar-refractivity contribution >= 4 is 29.1 Å². The second kappa shape index (κ2) is 19.0. The lowest BCUT2D eigenvalue weighted by Crippen LogP contribution is -2.51. The zero-order valence-corrected chi connectivity index (χ0v) is 33.2. The number of hydrogen-bond donors (Lipinski definition) is 1. The van der Waals surface area contributed by atoms with Gasteiger partial charge in [-0.3, -0.25) is 14.7 Å². The topological polar surface area (TPSA) is 165 Å². The Kier molecular flexibility index (Phi) is 13.4. The van der Waals surface area contributed by atoms with Gasteiger partial charge in [0, 0.05) is 44.1 Å². The molecular weight excluding hydrogens is 734 g/mol. The van der Waals surface area contributed by atoms with Crippen LogP contribution in [0.2, 0.25) is 0 Å². The smallest absolute Gasteiger partial charge is 0.411 e. The van der Waals surface area contributed by atoms with E-state index in [4.69, 9.17) is 37.8 Å². The summed E-state index contributed by atoms with van der Waals surface area (Å²) in [5, 5.41) is 2.95. The van der Waals surface area contributed by atoms with Crippen molar-refractivity contribution in [3.8, 4) is 11.5 Å². The van der Waals surface area contributed by atoms with Gasteiger partial charge in [-0.15, -0.1) is 0 Å². The van der Waals surface area contributed by atoms with E-state index in [0.717, 1.165) is 55.8 Å². The Hall–Kier alpha value is -4.93. The molecule has 16 nitrogen and oxygen atoms in total. The highest BCUT2D eigenvalue weighted by molar-refractivity contribution is 5.86. The van der Waals surface area contributed by atoms with Gasteiger partial charge in [-0.05, 0) is 70.2 Å². The molecule has 3 atom stereocenters. The monoisotopic (exact) mass is 789 g/mol. The zero-order chi connectivity index (χ0) is 39.6. The van der Waals surface area contributed by atoms with Crippen molar-refractivity contribution in [1.82, 2.24) is 29.7 Å². The van der Waals surface area contributed by atoms with Crippen molar-refractivity contribution in [1.29, 1.82) is 0 Å². The van der Waals surface area contributed by atoms with Crippen LogP contribution < -0.4 is 19.7 Å². The number of carbonyl (C=O) groups excluding carboxylic acids is 2. The normalized spacial score (nSPS) is 19.3. The van der Waals surface area contributed by atoms with Gasteiger partial charge in [-0.25, -0.2) is 9.78 Å². The van der Waals surface area contributed by atoms with Gasteiger partial charge in [0.15, 0.2) is 5.58 Å². The molecule has 3 aromatic heterocycles. The second-order valence-corrected chi connectivity index (χ2v) is 15.6. The Morgan fingerprint density at radius 2 is 1.67 bits per heavy atom. The third-order valence-electron chi connectivity index (χ3n) is 10.3. The summed E-state index contributed by atoms with van der Waals surface area (Å²) in [5.41, 5.74) is 1.59. The fraction of sp³-hybridized carbons (Fsp3) is 0.585. The largest absolute Gasteiger partial charge is 0.490 e. The van der Waals surface area contributed by atoms with E-state index in [-0.39, 0.29) is 11.9 Å². The molecule has 2 fully saturated rings. The molecule has 4 aromatic rings. The fourth-order valence-electron chi connectivity index (χ4n) is 7.59. The van der Waals surface area contributed by atoms with E-state index in [1.54, 1.807) is 11.1 Å². The van der Waals surface area contributed by atoms with Crippen LogP contribution in [0, 0.1) is 5.92 Å². The van der Waals surface area contributed by atoms with Crippen molar-refractivity contribution in [2.45, 2.75) is 90.3 Å². The minimum atomic E-state index is -0.614. The van der Waals surface area contributed by atoms with Crippen molar-refractivity contribution < 1.29 is 42.4 Å². The first-order valence-electron chi connectivity index (χ1n) is 20.1. The van der Waals surface area contributed by atoms with Crippen molar-refractivity contribution in [3.05, 3.63) is 60.4 Å². The molecule has 2 aliphatic heterocycles. The van der Waals surface area contributed by atoms with Crippen LogP contribution in [0.5, 0.6) is 11.5 Å². The number of amides is 2. The van der Waals surface area contributed by atoms with E-state index in [1.807, 2.05) is 63.5 Å². The van der Waals surface area contributed by atoms with Crippen LogP contribution in [0.1, 0.15) is 64.4 Å². The summed E-state index contributed by atoms with van der Waals surface area (Å²) in [6.07, 6.45) is 9.93. The van der Waals surface area contributed by atoms with Gasteiger partial charge in [0.2, 0.25) is 5.91 Å². The number of nitrogens with one attached hydrogen (secondary N) is 1. The predicted molar refractivity (Wildman–Crippen MR) is 209 cm³/mol. The average molecular weight is 790 g/mol. The molecule has 0 spiro atoms. The zero-order valence-electron chi connectivity index (χ0n) is 33.2. The molecule has 57 heavy (non-hydrogen) atoms. The van der Waals surface area contributed by atoms with Crippen LogP contribution in [0.25, 0.3) is 11.1 Å². The third-order valence-corrected chi connectivity index (χ3v) is 10.3. The summed E-state index contributed by atoms with van der Waals surface area (Å²) in [7, 11) is 0. The number of benzene rings is 1. The van der Waals surface area contributed by atoms with Gasteiger partial charge < -0.3 is 47.6 Å². The Balaban J connectivity index is 0.705. The summed E-state index contributed by atoms with van der Waals surface area (Å²) in [6.45, 7) is 11.3. The number of fused-ring (bicyclic) bond motifs is 3. The predicted octanol–water partition coefficient (Wildman–Crippen LogP) is 5.13. The van der Waals surface area contributed by atoms with Gasteiger partial charge in [0.25, 0.3) is 6.01 Å². The number of nitrogens with zero attached hydrogens (tertiary/aromatic N) is 6. The molecule has 5 heterocycles. The molecule has 1 aliphatic carbocycles. The minimum Gasteiger partial charge on any atom is -0.490 e. The van der Waals surface area contributed by atoms with Gasteiger partial charge >= 0.3 is 6.09 Å². The number of oxazole rings is 1. The molecule has 0 bridgehead atoms. The lowest BCUT2D eigenvalue weighted by atomic mass is 9.85. The number of anilines is 1. The molecule has 16 heteroatoms. The number of pyridine rings is 1. The first-order chi connectivity index (χ1) is 27.7. The van der Waals surface area contributed by atoms with Crippen LogP contribution in [0.4, 0.5) is 10.8 Å². The Labute approximate surface area is 333 Å². The number of carbonyl (C=O) groups is 2. The van der Waals surface area contributed by atoms with Crippen molar-refractivity contribution in [2.75, 3.05) is 64.2 Å². The lowest BCUT2D eigenvalue weighted by Gasteiger charge is -2.34. The van der Waals surface area contributed by atoms with E-state index in [1.165, 1.54) is 0 Å². The molecule has 308 valence electrons. The number of ether oxygens (including phenoxy) is 6. The van der Waals surface area contributed by atoms with Crippen molar-refractivity contribution in [3.63, 3.8) is 0 Å². The van der Waals surface area contributed by atoms with Gasteiger partial charge in [0.1, 0.15) is 47.7 Å². The fourth-order valence-corrected chi connectivity index (χ4v) is 7.59. The Morgan fingerprint density at radius 3 is 2.46 bits per heavy atom. The molecule has 1 saturated heterocycles. The molecule has 1 aromatic carbocycles. The summed E-state index contributed by atoms with van der Waals surface area (Å²) >= 11 is 0. The first-order valence-corrected chi connectivity index (χ1v) is 20.1. The lowest BCUT2D eigenvalue weighted by molar-refractivity contribution is -0.126. The summed E-state index contributed by atoms with van der Waals surface area (Å²) in [5.74, 6) is 2.52. The Bertz CT molecular complexity index is 1910. The van der Waals surface area contributed by atoms with Crippen LogP contribution in [-0.4, -0.2) is 113 Å². The number of rotatable bonds is 18. The molecular formula is C41H55N7O9. The van der Waals surface area contributed by atoms with E-state index < -0.39 is 17.7 Å². The van der Waals surface area contributed by atoms with Crippen molar-refractivity contribution in [2.24, 2.45) is 5.92 Å². The molecule has 2 amide bonds. The van der Waals surface area contributed by atoms with E-state index in [9.17, 15) is 9.59 Å². The molecule has 0 unspecified atom stereocenters. The maximum Gasteiger partial charge on any atom is 0.411 e. The van der Waals surface area contributed by atoms with E-state index in [2.05, 4.69) is 24.8 Å². The average Bonchev–Trinajstić information content (AvgIpc) is 3.95. The SMILES string of the molecule is CC(C)(C)OC(=O)N1[C@H](C(=O)NCCOCCOCCOCCOc2ccc(COc3ccc4oc(N5CCn6ccnc6C5)nc4c3)nc2)C[C@@H]2CCCC[C@@H]21. The molecule has 3 aliphatic rings. The standard InChI is InChI=1S/C41H55N7O9/c1-41(2,3)57-40(50)48-34-7-5-4-6-29(34)24-35(48)38(49)43-13-17-51-18-19-52-20-21-53-22-23-54-32-9-8-30(44-26-32)28-55-31-10-11-36-33(25-31)45-39(56-36)47-16-15-46-14-12-42-37(46)27-47/h8-12,14,25-26,29,34-35H,4-7,13,15-24,27-28H2,1-3H3,(H,43,49)/t29-,34-,35-/m0/s1. The van der Waals surface area contributed by atoms with Gasteiger partial charge in [-0.2, -0.15) is 4.98 Å². The van der Waals surface area contributed by atoms with Gasteiger partial charge in [-0.1, -0.05) is 12.8 Å². The summed E-state index contributed by atoms with van der Waals surface area (Å²) in [6, 6.07) is 9.48. The Morgan fingerprint density at radius 1 is 0.895 bits per heavy atom. The molecule has 0 radical (unpaired) electrons. The minimum absolute atomic E-state index is 0.0694. The van der Waals surface area contributed by atoms with Gasteiger partial charge in [0.05, 0.1) is 58.1 Å². The molecule has 1 saturated carbocycles. The number of likely N-dealkylation sites (tertiary alicyclic amines) is 1. The molecule has 1 N–H and O–H groups in total. The third kappa shape index (κ3) is 10.9. The number of aromatic nitrogens is 4. The van der Waals surface area contributed by atoms with Crippen LogP contribution in [0.3, 0.4) is 0 Å². The van der Waals surface area contributed by atoms with E-state index >= 15 is 0 Å². The number of imidazole rings is 1. The highest BCUT2D eigenvalue weighted by atomic mass is 16.6. The van der Waals surface area contributed by atoms with Crippen LogP contribution in [-0.2, 0) is 43.4 Å². The van der Waals surface area contributed by atoms with Crippen LogP contribution in [0.15, 0.2) is 53.3 Å². The second-order valence-electron chi connectivity index (χ2n) is 15.6. The maximum atomic E-state index is 13.1. The quantitative estimate of drug-likeness (QED) is 0.132. The summed E-state index contributed by atoms with van der Waals surface area (Å²) in [4.78, 5) is 43.5. The highest BCUT2D eigenvalue weighted by Gasteiger charge is 2.48.